The zero-order valence-corrected chi connectivity index (χ0v) is 9.70. The minimum absolute atomic E-state index is 0.192. The average Bonchev–Trinajstić information content (AvgIpc) is 2.62. The van der Waals surface area contributed by atoms with Crippen LogP contribution < -0.4 is 5.73 Å². The van der Waals surface area contributed by atoms with E-state index in [0.29, 0.717) is 0 Å². The smallest absolute Gasteiger partial charge is 0.123 e. The fourth-order valence-electron chi connectivity index (χ4n) is 2.54. The van der Waals surface area contributed by atoms with Gasteiger partial charge in [0.1, 0.15) is 5.82 Å². The number of fused-ring (bicyclic) bond motifs is 3. The van der Waals surface area contributed by atoms with Gasteiger partial charge in [0.15, 0.2) is 0 Å². The Morgan fingerprint density at radius 2 is 1.71 bits per heavy atom. The number of nitrogens with two attached hydrogens (primary N) is 1. The molecule has 2 aromatic rings. The number of benzene rings is 2. The van der Waals surface area contributed by atoms with Gasteiger partial charge in [0, 0.05) is 0 Å². The van der Waals surface area contributed by atoms with E-state index >= 15 is 0 Å². The molecule has 17 heavy (non-hydrogen) atoms. The Kier molecular flexibility index (Phi) is 2.26. The first-order chi connectivity index (χ1) is 8.20. The van der Waals surface area contributed by atoms with Crippen molar-refractivity contribution in [1.29, 1.82) is 0 Å². The molecule has 1 atom stereocenters. The molecule has 1 unspecified atom stereocenters. The fourth-order valence-corrected chi connectivity index (χ4v) is 2.54. The quantitative estimate of drug-likeness (QED) is 0.793. The van der Waals surface area contributed by atoms with Gasteiger partial charge >= 0.3 is 0 Å². The Morgan fingerprint density at radius 3 is 2.41 bits per heavy atom. The minimum Gasteiger partial charge on any atom is -0.320 e. The molecule has 0 aromatic heterocycles. The molecule has 2 heteroatoms. The zero-order chi connectivity index (χ0) is 12.0. The molecule has 1 aliphatic rings. The molecule has 1 nitrogen and oxygen atoms in total. The molecule has 0 amide bonds. The molecule has 0 saturated heterocycles. The van der Waals surface area contributed by atoms with Crippen LogP contribution in [0.25, 0.3) is 11.1 Å². The second kappa shape index (κ2) is 3.67. The highest BCUT2D eigenvalue weighted by molar-refractivity contribution is 5.78. The summed E-state index contributed by atoms with van der Waals surface area (Å²) in [5.74, 6) is -0.220. The normalized spacial score (nSPS) is 16.8. The number of halogens is 1. The first-order valence-electron chi connectivity index (χ1n) is 5.89. The van der Waals surface area contributed by atoms with Gasteiger partial charge in [-0.25, -0.2) is 4.39 Å². The average molecular weight is 227 g/mol. The maximum atomic E-state index is 13.2. The van der Waals surface area contributed by atoms with E-state index in [1.807, 2.05) is 6.07 Å². The van der Waals surface area contributed by atoms with Gasteiger partial charge < -0.3 is 5.73 Å². The molecule has 0 heterocycles. The molecular weight excluding hydrogens is 213 g/mol. The highest BCUT2D eigenvalue weighted by Crippen LogP contribution is 2.42. The monoisotopic (exact) mass is 227 g/mol. The van der Waals surface area contributed by atoms with Crippen molar-refractivity contribution in [1.82, 2.24) is 0 Å². The Morgan fingerprint density at radius 1 is 1.06 bits per heavy atom. The van der Waals surface area contributed by atoms with Crippen molar-refractivity contribution >= 4 is 0 Å². The Balaban J connectivity index is 2.23. The van der Waals surface area contributed by atoms with Crippen LogP contribution >= 0.6 is 0 Å². The Labute approximate surface area is 100 Å². The molecule has 86 valence electrons. The molecule has 0 spiro atoms. The zero-order valence-electron chi connectivity index (χ0n) is 9.70. The van der Waals surface area contributed by atoms with E-state index in [2.05, 4.69) is 25.1 Å². The second-order valence-corrected chi connectivity index (χ2v) is 4.48. The van der Waals surface area contributed by atoms with Crippen molar-refractivity contribution in [2.75, 3.05) is 0 Å². The third-order valence-corrected chi connectivity index (χ3v) is 3.50. The van der Waals surface area contributed by atoms with Crippen molar-refractivity contribution < 1.29 is 4.39 Å². The van der Waals surface area contributed by atoms with E-state index in [0.717, 1.165) is 28.7 Å². The molecular formula is C15H14FN. The Bertz CT molecular complexity index is 589. The summed E-state index contributed by atoms with van der Waals surface area (Å²) < 4.78 is 13.2. The fraction of sp³-hybridized carbons (Fsp3) is 0.200. The molecule has 3 rings (SSSR count). The highest BCUT2D eigenvalue weighted by Gasteiger charge is 2.26. The number of hydrogen-bond acceptors (Lipinski definition) is 1. The maximum absolute atomic E-state index is 13.2. The standard InChI is InChI=1S/C15H14FN/c1-2-9-3-5-11-12-6-4-10(16)8-14(12)15(17)13(11)7-9/h3-8,15H,2,17H2,1H3. The molecule has 2 N–H and O–H groups in total. The van der Waals surface area contributed by atoms with Crippen LogP contribution in [0.4, 0.5) is 4.39 Å². The minimum atomic E-state index is -0.220. The van der Waals surface area contributed by atoms with E-state index in [4.69, 9.17) is 5.73 Å². The van der Waals surface area contributed by atoms with Crippen LogP contribution in [0, 0.1) is 5.82 Å². The molecule has 0 fully saturated rings. The summed E-state index contributed by atoms with van der Waals surface area (Å²) in [6.07, 6.45) is 0.991. The predicted octanol–water partition coefficient (Wildman–Crippen LogP) is 3.42. The second-order valence-electron chi connectivity index (χ2n) is 4.48. The molecule has 0 saturated carbocycles. The topological polar surface area (TPSA) is 26.0 Å². The summed E-state index contributed by atoms with van der Waals surface area (Å²) in [5.41, 5.74) is 11.7. The lowest BCUT2D eigenvalue weighted by molar-refractivity contribution is 0.624. The van der Waals surface area contributed by atoms with Gasteiger partial charge in [-0.15, -0.1) is 0 Å². The van der Waals surface area contributed by atoms with Crippen LogP contribution in [-0.2, 0) is 6.42 Å². The van der Waals surface area contributed by atoms with Crippen LogP contribution in [0.3, 0.4) is 0 Å². The first kappa shape index (κ1) is 10.5. The SMILES string of the molecule is CCc1ccc2c(c1)C(N)c1cc(F)ccc1-2. The van der Waals surface area contributed by atoms with Gasteiger partial charge in [-0.1, -0.05) is 31.2 Å². The van der Waals surface area contributed by atoms with Gasteiger partial charge in [0.2, 0.25) is 0 Å². The highest BCUT2D eigenvalue weighted by atomic mass is 19.1. The van der Waals surface area contributed by atoms with Crippen molar-refractivity contribution in [3.8, 4) is 11.1 Å². The molecule has 2 aromatic carbocycles. The van der Waals surface area contributed by atoms with E-state index in [9.17, 15) is 4.39 Å². The third-order valence-electron chi connectivity index (χ3n) is 3.50. The van der Waals surface area contributed by atoms with Gasteiger partial charge in [-0.3, -0.25) is 0 Å². The van der Waals surface area contributed by atoms with E-state index in [-0.39, 0.29) is 11.9 Å². The lowest BCUT2D eigenvalue weighted by atomic mass is 10.0. The molecule has 0 aliphatic heterocycles. The summed E-state index contributed by atoms with van der Waals surface area (Å²) in [5, 5.41) is 0. The lowest BCUT2D eigenvalue weighted by Gasteiger charge is -2.07. The predicted molar refractivity (Wildman–Crippen MR) is 67.2 cm³/mol. The van der Waals surface area contributed by atoms with E-state index in [1.54, 1.807) is 6.07 Å². The molecule has 0 bridgehead atoms. The van der Waals surface area contributed by atoms with Gasteiger partial charge in [0.25, 0.3) is 0 Å². The largest absolute Gasteiger partial charge is 0.320 e. The van der Waals surface area contributed by atoms with Crippen LogP contribution in [0.5, 0.6) is 0 Å². The van der Waals surface area contributed by atoms with Gasteiger partial charge in [-0.05, 0) is 46.4 Å². The third kappa shape index (κ3) is 1.48. The van der Waals surface area contributed by atoms with Crippen molar-refractivity contribution in [2.45, 2.75) is 19.4 Å². The van der Waals surface area contributed by atoms with Crippen LogP contribution in [0.1, 0.15) is 29.7 Å². The first-order valence-corrected chi connectivity index (χ1v) is 5.89. The summed E-state index contributed by atoms with van der Waals surface area (Å²) in [4.78, 5) is 0. The Hall–Kier alpha value is -1.67. The van der Waals surface area contributed by atoms with Crippen LogP contribution in [0.2, 0.25) is 0 Å². The molecule has 1 aliphatic carbocycles. The van der Waals surface area contributed by atoms with E-state index in [1.165, 1.54) is 11.6 Å². The lowest BCUT2D eigenvalue weighted by Crippen LogP contribution is -2.08. The summed E-state index contributed by atoms with van der Waals surface area (Å²) in [6, 6.07) is 11.0. The van der Waals surface area contributed by atoms with Crippen molar-refractivity contribution in [3.05, 3.63) is 58.9 Å². The molecule has 0 radical (unpaired) electrons. The van der Waals surface area contributed by atoms with Crippen molar-refractivity contribution in [3.63, 3.8) is 0 Å². The van der Waals surface area contributed by atoms with Gasteiger partial charge in [0.05, 0.1) is 6.04 Å². The van der Waals surface area contributed by atoms with Crippen molar-refractivity contribution in [2.24, 2.45) is 5.73 Å². The number of hydrogen-bond donors (Lipinski definition) is 1. The van der Waals surface area contributed by atoms with E-state index < -0.39 is 0 Å². The summed E-state index contributed by atoms with van der Waals surface area (Å²) >= 11 is 0. The van der Waals surface area contributed by atoms with Crippen LogP contribution in [-0.4, -0.2) is 0 Å². The summed E-state index contributed by atoms with van der Waals surface area (Å²) in [7, 11) is 0. The number of rotatable bonds is 1. The van der Waals surface area contributed by atoms with Gasteiger partial charge in [-0.2, -0.15) is 0 Å². The van der Waals surface area contributed by atoms with Crippen LogP contribution in [0.15, 0.2) is 36.4 Å². The maximum Gasteiger partial charge on any atom is 0.123 e. The number of aryl methyl sites for hydroxylation is 1. The summed E-state index contributed by atoms with van der Waals surface area (Å²) in [6.45, 7) is 2.12.